The average Bonchev–Trinajstić information content (AvgIpc) is 2.72. The molecule has 1 saturated carbocycles. The van der Waals surface area contributed by atoms with Crippen molar-refractivity contribution in [2.45, 2.75) is 56.4 Å². The first-order chi connectivity index (χ1) is 14.3. The van der Waals surface area contributed by atoms with E-state index < -0.39 is 15.8 Å². The molecule has 2 aromatic carbocycles. The van der Waals surface area contributed by atoms with Gasteiger partial charge in [-0.2, -0.15) is 0 Å². The molecule has 4 rings (SSSR count). The molecule has 5 nitrogen and oxygen atoms in total. The average molecular weight is 434 g/mol. The number of nitrogens with zero attached hydrogens (tertiary/aromatic N) is 1. The van der Waals surface area contributed by atoms with E-state index in [1.165, 1.54) is 30.7 Å². The molecule has 0 bridgehead atoms. The summed E-state index contributed by atoms with van der Waals surface area (Å²) in [5, 5.41) is 2.99. The van der Waals surface area contributed by atoms with Gasteiger partial charge in [0.2, 0.25) is 5.96 Å². The molecular formula is C22H25F2N3O2S. The maximum absolute atomic E-state index is 14.9. The summed E-state index contributed by atoms with van der Waals surface area (Å²) in [6, 6.07) is 8.44. The van der Waals surface area contributed by atoms with Crippen molar-refractivity contribution in [2.24, 2.45) is 10.9 Å². The van der Waals surface area contributed by atoms with Crippen LogP contribution in [0.4, 0.5) is 14.5 Å². The van der Waals surface area contributed by atoms with Crippen molar-refractivity contribution in [3.63, 3.8) is 0 Å². The Kier molecular flexibility index (Phi) is 5.77. The second-order valence-corrected chi connectivity index (χ2v) is 9.70. The summed E-state index contributed by atoms with van der Waals surface area (Å²) in [4.78, 5) is 4.28. The highest BCUT2D eigenvalue weighted by atomic mass is 32.2. The highest BCUT2D eigenvalue weighted by Crippen LogP contribution is 2.42. The predicted molar refractivity (Wildman–Crippen MR) is 113 cm³/mol. The molecule has 2 N–H and O–H groups in total. The van der Waals surface area contributed by atoms with Crippen molar-refractivity contribution in [2.75, 3.05) is 5.32 Å². The maximum atomic E-state index is 14.9. The van der Waals surface area contributed by atoms with E-state index in [9.17, 15) is 17.2 Å². The number of guanidine groups is 1. The Labute approximate surface area is 175 Å². The lowest BCUT2D eigenvalue weighted by atomic mass is 9.77. The van der Waals surface area contributed by atoms with E-state index in [1.807, 2.05) is 6.92 Å². The standard InChI is InChI=1S/C22H25F2N3O2S/c1-14(16-7-3-2-4-8-16)20-18(24)10-11-19-21(20)26-22(27-30(19,28)29)25-13-15-6-5-9-17(23)12-15/h5-6,9-12,14,16H,2-4,7-8,13H2,1H3,(H2,25,26,27)/t14-/m0/s1. The Morgan fingerprint density at radius 3 is 2.63 bits per heavy atom. The lowest BCUT2D eigenvalue weighted by Gasteiger charge is -2.32. The van der Waals surface area contributed by atoms with E-state index in [0.717, 1.165) is 25.7 Å². The summed E-state index contributed by atoms with van der Waals surface area (Å²) in [5.74, 6) is -0.603. The Morgan fingerprint density at radius 2 is 1.90 bits per heavy atom. The fourth-order valence-electron chi connectivity index (χ4n) is 4.45. The van der Waals surface area contributed by atoms with E-state index in [2.05, 4.69) is 15.0 Å². The molecule has 8 heteroatoms. The van der Waals surface area contributed by atoms with Crippen LogP contribution in [0.5, 0.6) is 0 Å². The third kappa shape index (κ3) is 4.19. The first-order valence-electron chi connectivity index (χ1n) is 10.3. The van der Waals surface area contributed by atoms with Crippen LogP contribution >= 0.6 is 0 Å². The number of halogens is 2. The van der Waals surface area contributed by atoms with Crippen molar-refractivity contribution >= 4 is 21.7 Å². The number of benzene rings is 2. The zero-order valence-corrected chi connectivity index (χ0v) is 17.6. The molecule has 1 atom stereocenters. The van der Waals surface area contributed by atoms with Crippen molar-refractivity contribution in [3.05, 3.63) is 59.2 Å². The molecule has 0 spiro atoms. The molecule has 1 aliphatic carbocycles. The van der Waals surface area contributed by atoms with E-state index in [0.29, 0.717) is 17.0 Å². The number of fused-ring (bicyclic) bond motifs is 1. The van der Waals surface area contributed by atoms with E-state index >= 15 is 0 Å². The Hall–Kier alpha value is -2.48. The third-order valence-corrected chi connectivity index (χ3v) is 7.42. The van der Waals surface area contributed by atoms with Crippen LogP contribution < -0.4 is 10.0 Å². The smallest absolute Gasteiger partial charge is 0.266 e. The minimum Gasteiger partial charge on any atom is -0.324 e. The SMILES string of the molecule is C[C@H](c1c(F)ccc2c1NC(=NCc1cccc(F)c1)NS2(=O)=O)C1CCCCC1. The van der Waals surface area contributed by atoms with Gasteiger partial charge in [-0.15, -0.1) is 0 Å². The molecule has 0 saturated heterocycles. The van der Waals surface area contributed by atoms with Crippen LogP contribution in [0.1, 0.15) is 56.1 Å². The molecule has 0 unspecified atom stereocenters. The van der Waals surface area contributed by atoms with Gasteiger partial charge < -0.3 is 5.32 Å². The highest BCUT2D eigenvalue weighted by Gasteiger charge is 2.34. The van der Waals surface area contributed by atoms with Crippen LogP contribution in [0.25, 0.3) is 0 Å². The molecule has 0 radical (unpaired) electrons. The van der Waals surface area contributed by atoms with Gasteiger partial charge in [-0.1, -0.05) is 38.3 Å². The number of sulfonamides is 1. The number of aliphatic imine (C=N–C) groups is 1. The zero-order chi connectivity index (χ0) is 21.3. The lowest BCUT2D eigenvalue weighted by molar-refractivity contribution is 0.312. The van der Waals surface area contributed by atoms with Crippen LogP contribution in [0.15, 0.2) is 46.3 Å². The van der Waals surface area contributed by atoms with Gasteiger partial charge in [0.15, 0.2) is 0 Å². The molecule has 0 amide bonds. The molecule has 1 fully saturated rings. The molecule has 1 heterocycles. The number of rotatable bonds is 4. The van der Waals surface area contributed by atoms with Crippen LogP contribution in [0.3, 0.4) is 0 Å². The van der Waals surface area contributed by atoms with Crippen LogP contribution in [0, 0.1) is 17.6 Å². The van der Waals surface area contributed by atoms with Crippen LogP contribution in [-0.4, -0.2) is 14.4 Å². The number of nitrogens with one attached hydrogen (secondary N) is 2. The van der Waals surface area contributed by atoms with Gasteiger partial charge in [0, 0.05) is 5.56 Å². The number of anilines is 1. The monoisotopic (exact) mass is 433 g/mol. The van der Waals surface area contributed by atoms with Gasteiger partial charge >= 0.3 is 0 Å². The van der Waals surface area contributed by atoms with Gasteiger partial charge in [0.25, 0.3) is 10.0 Å². The minimum absolute atomic E-state index is 0.00875. The normalized spacial score (nSPS) is 20.8. The predicted octanol–water partition coefficient (Wildman–Crippen LogP) is 4.91. The number of hydrogen-bond acceptors (Lipinski definition) is 3. The van der Waals surface area contributed by atoms with Gasteiger partial charge in [-0.25, -0.2) is 26.9 Å². The fourth-order valence-corrected chi connectivity index (χ4v) is 5.60. The van der Waals surface area contributed by atoms with Crippen molar-refractivity contribution in [1.29, 1.82) is 0 Å². The van der Waals surface area contributed by atoms with Gasteiger partial charge in [-0.05, 0) is 54.5 Å². The Morgan fingerprint density at radius 1 is 1.13 bits per heavy atom. The van der Waals surface area contributed by atoms with Gasteiger partial charge in [-0.3, -0.25) is 0 Å². The second kappa shape index (κ2) is 8.34. The molecule has 2 aromatic rings. The fraction of sp³-hybridized carbons (Fsp3) is 0.409. The van der Waals surface area contributed by atoms with E-state index in [-0.39, 0.29) is 34.8 Å². The van der Waals surface area contributed by atoms with Crippen molar-refractivity contribution in [1.82, 2.24) is 4.72 Å². The van der Waals surface area contributed by atoms with Crippen molar-refractivity contribution < 1.29 is 17.2 Å². The summed E-state index contributed by atoms with van der Waals surface area (Å²) in [5.41, 5.74) is 1.25. The van der Waals surface area contributed by atoms with Crippen LogP contribution in [0.2, 0.25) is 0 Å². The molecule has 1 aliphatic heterocycles. The molecule has 2 aliphatic rings. The Balaban J connectivity index is 1.69. The zero-order valence-electron chi connectivity index (χ0n) is 16.8. The Bertz CT molecular complexity index is 1080. The first-order valence-corrected chi connectivity index (χ1v) is 11.7. The van der Waals surface area contributed by atoms with Crippen LogP contribution in [-0.2, 0) is 16.6 Å². The number of hydrogen-bond donors (Lipinski definition) is 2. The lowest BCUT2D eigenvalue weighted by Crippen LogP contribution is -2.41. The largest absolute Gasteiger partial charge is 0.324 e. The highest BCUT2D eigenvalue weighted by molar-refractivity contribution is 7.90. The summed E-state index contributed by atoms with van der Waals surface area (Å²) >= 11 is 0. The van der Waals surface area contributed by atoms with Crippen molar-refractivity contribution in [3.8, 4) is 0 Å². The van der Waals surface area contributed by atoms with E-state index in [4.69, 9.17) is 0 Å². The molecular weight excluding hydrogens is 408 g/mol. The quantitative estimate of drug-likeness (QED) is 0.720. The summed E-state index contributed by atoms with van der Waals surface area (Å²) < 4.78 is 56.3. The maximum Gasteiger partial charge on any atom is 0.266 e. The van der Waals surface area contributed by atoms with Gasteiger partial charge in [0.1, 0.15) is 16.5 Å². The second-order valence-electron chi connectivity index (χ2n) is 8.05. The minimum atomic E-state index is -3.89. The summed E-state index contributed by atoms with van der Waals surface area (Å²) in [6.45, 7) is 2.05. The summed E-state index contributed by atoms with van der Waals surface area (Å²) in [6.07, 6.45) is 5.43. The van der Waals surface area contributed by atoms with E-state index in [1.54, 1.807) is 12.1 Å². The summed E-state index contributed by atoms with van der Waals surface area (Å²) in [7, 11) is -3.89. The molecule has 160 valence electrons. The first kappa shape index (κ1) is 20.8. The molecule has 30 heavy (non-hydrogen) atoms. The van der Waals surface area contributed by atoms with Gasteiger partial charge in [0.05, 0.1) is 12.2 Å². The third-order valence-electron chi connectivity index (χ3n) is 6.04. The topological polar surface area (TPSA) is 70.6 Å². The molecule has 0 aromatic heterocycles.